The lowest BCUT2D eigenvalue weighted by Gasteiger charge is -2.26. The Labute approximate surface area is 127 Å². The third-order valence-corrected chi connectivity index (χ3v) is 4.33. The van der Waals surface area contributed by atoms with Crippen LogP contribution in [-0.4, -0.2) is 22.9 Å². The maximum Gasteiger partial charge on any atom is 0.124 e. The lowest BCUT2D eigenvalue weighted by molar-refractivity contribution is 0.376. The summed E-state index contributed by atoms with van der Waals surface area (Å²) in [6.45, 7) is 5.18. The number of aromatic nitrogens is 2. The number of halogens is 1. The van der Waals surface area contributed by atoms with Crippen LogP contribution >= 0.6 is 15.9 Å². The molecule has 0 bridgehead atoms. The number of fused-ring (bicyclic) bond motifs is 1. The number of anilines is 1. The number of hydrogen-bond acceptors (Lipinski definition) is 3. The average molecular weight is 335 g/mol. The fraction of sp³-hybridized carbons (Fsp3) is 0.400. The molecule has 0 saturated carbocycles. The summed E-state index contributed by atoms with van der Waals surface area (Å²) >= 11 is 3.47. The van der Waals surface area contributed by atoms with E-state index in [4.69, 9.17) is 0 Å². The number of nitrogens with one attached hydrogen (secondary N) is 2. The molecule has 1 aromatic heterocycles. The second-order valence-corrected chi connectivity index (χ2v) is 6.24. The van der Waals surface area contributed by atoms with Gasteiger partial charge in [0.2, 0.25) is 0 Å². The largest absolute Gasteiger partial charge is 0.370 e. The van der Waals surface area contributed by atoms with Crippen LogP contribution in [0.15, 0.2) is 41.0 Å². The van der Waals surface area contributed by atoms with Crippen LogP contribution in [0, 0.1) is 5.92 Å². The molecule has 2 unspecified atom stereocenters. The molecular formula is C15H19BrN4. The predicted octanol–water partition coefficient (Wildman–Crippen LogP) is 3.04. The summed E-state index contributed by atoms with van der Waals surface area (Å²) in [6, 6.07) is 10.9. The highest BCUT2D eigenvalue weighted by molar-refractivity contribution is 9.10. The van der Waals surface area contributed by atoms with Gasteiger partial charge in [-0.1, -0.05) is 28.1 Å². The molecule has 1 aromatic carbocycles. The van der Waals surface area contributed by atoms with Crippen LogP contribution in [-0.2, 0) is 6.54 Å². The predicted molar refractivity (Wildman–Crippen MR) is 84.8 cm³/mol. The molecule has 1 aliphatic rings. The summed E-state index contributed by atoms with van der Waals surface area (Å²) in [7, 11) is 0. The minimum atomic E-state index is 0.363. The van der Waals surface area contributed by atoms with Gasteiger partial charge in [-0.2, -0.15) is 5.10 Å². The lowest BCUT2D eigenvalue weighted by Crippen LogP contribution is -2.36. The van der Waals surface area contributed by atoms with Crippen LogP contribution in [0.4, 0.5) is 5.82 Å². The van der Waals surface area contributed by atoms with E-state index < -0.39 is 0 Å². The SMILES string of the molecule is CC(NCC1CNc2ccnn2C1)c1ccc(Br)cc1. The summed E-state index contributed by atoms with van der Waals surface area (Å²) in [5.74, 6) is 1.70. The zero-order valence-electron chi connectivity index (χ0n) is 11.5. The number of hydrogen-bond donors (Lipinski definition) is 2. The van der Waals surface area contributed by atoms with Gasteiger partial charge in [0.15, 0.2) is 0 Å². The molecule has 106 valence electrons. The van der Waals surface area contributed by atoms with Crippen molar-refractivity contribution in [2.75, 3.05) is 18.4 Å². The normalized spacial score (nSPS) is 19.2. The van der Waals surface area contributed by atoms with E-state index in [-0.39, 0.29) is 0 Å². The fourth-order valence-corrected chi connectivity index (χ4v) is 2.80. The molecule has 0 amide bonds. The van der Waals surface area contributed by atoms with Gasteiger partial charge in [-0.3, -0.25) is 0 Å². The highest BCUT2D eigenvalue weighted by atomic mass is 79.9. The maximum absolute atomic E-state index is 4.32. The zero-order valence-corrected chi connectivity index (χ0v) is 13.1. The number of rotatable bonds is 4. The molecule has 1 aliphatic heterocycles. The molecule has 5 heteroatoms. The topological polar surface area (TPSA) is 41.9 Å². The third-order valence-electron chi connectivity index (χ3n) is 3.80. The Balaban J connectivity index is 1.54. The van der Waals surface area contributed by atoms with Crippen molar-refractivity contribution in [2.45, 2.75) is 19.5 Å². The smallest absolute Gasteiger partial charge is 0.124 e. The van der Waals surface area contributed by atoms with Gasteiger partial charge in [0, 0.05) is 42.1 Å². The Kier molecular flexibility index (Phi) is 4.08. The van der Waals surface area contributed by atoms with Crippen LogP contribution in [0.5, 0.6) is 0 Å². The van der Waals surface area contributed by atoms with Crippen molar-refractivity contribution in [3.63, 3.8) is 0 Å². The Morgan fingerprint density at radius 2 is 2.20 bits per heavy atom. The quantitative estimate of drug-likeness (QED) is 0.902. The molecule has 0 fully saturated rings. The first-order valence-corrected chi connectivity index (χ1v) is 7.76. The lowest BCUT2D eigenvalue weighted by atomic mass is 10.1. The van der Waals surface area contributed by atoms with Crippen LogP contribution in [0.1, 0.15) is 18.5 Å². The molecular weight excluding hydrogens is 316 g/mol. The van der Waals surface area contributed by atoms with E-state index in [1.165, 1.54) is 5.56 Å². The molecule has 0 aliphatic carbocycles. The van der Waals surface area contributed by atoms with Crippen LogP contribution in [0.25, 0.3) is 0 Å². The average Bonchev–Trinajstić information content (AvgIpc) is 2.93. The maximum atomic E-state index is 4.32. The first-order valence-electron chi connectivity index (χ1n) is 6.97. The Bertz CT molecular complexity index is 564. The summed E-state index contributed by atoms with van der Waals surface area (Å²) in [5.41, 5.74) is 1.32. The molecule has 2 N–H and O–H groups in total. The van der Waals surface area contributed by atoms with E-state index in [2.05, 4.69) is 62.9 Å². The summed E-state index contributed by atoms with van der Waals surface area (Å²) < 4.78 is 3.16. The van der Waals surface area contributed by atoms with Gasteiger partial charge in [0.05, 0.1) is 6.20 Å². The first-order chi connectivity index (χ1) is 9.72. The van der Waals surface area contributed by atoms with Crippen molar-refractivity contribution in [2.24, 2.45) is 5.92 Å². The van der Waals surface area contributed by atoms with Crippen molar-refractivity contribution in [1.82, 2.24) is 15.1 Å². The van der Waals surface area contributed by atoms with Crippen molar-refractivity contribution in [3.05, 3.63) is 46.6 Å². The van der Waals surface area contributed by atoms with E-state index in [1.54, 1.807) is 0 Å². The first kappa shape index (κ1) is 13.6. The van der Waals surface area contributed by atoms with Gasteiger partial charge in [-0.15, -0.1) is 0 Å². The monoisotopic (exact) mass is 334 g/mol. The van der Waals surface area contributed by atoms with E-state index in [0.717, 1.165) is 29.9 Å². The van der Waals surface area contributed by atoms with E-state index in [9.17, 15) is 0 Å². The highest BCUT2D eigenvalue weighted by Crippen LogP contribution is 2.19. The Morgan fingerprint density at radius 1 is 1.40 bits per heavy atom. The number of benzene rings is 1. The molecule has 20 heavy (non-hydrogen) atoms. The van der Waals surface area contributed by atoms with Gasteiger partial charge in [-0.25, -0.2) is 4.68 Å². The summed E-state index contributed by atoms with van der Waals surface area (Å²) in [5, 5.41) is 11.4. The summed E-state index contributed by atoms with van der Waals surface area (Å²) in [4.78, 5) is 0. The molecule has 2 atom stereocenters. The van der Waals surface area contributed by atoms with Gasteiger partial charge < -0.3 is 10.6 Å². The van der Waals surface area contributed by atoms with Crippen LogP contribution < -0.4 is 10.6 Å². The Morgan fingerprint density at radius 3 is 3.00 bits per heavy atom. The van der Waals surface area contributed by atoms with Crippen LogP contribution in [0.2, 0.25) is 0 Å². The van der Waals surface area contributed by atoms with Gasteiger partial charge in [0.25, 0.3) is 0 Å². The third kappa shape index (κ3) is 3.04. The molecule has 0 radical (unpaired) electrons. The fourth-order valence-electron chi connectivity index (χ4n) is 2.54. The minimum absolute atomic E-state index is 0.363. The Hall–Kier alpha value is -1.33. The van der Waals surface area contributed by atoms with Gasteiger partial charge in [0.1, 0.15) is 5.82 Å². The molecule has 2 heterocycles. The second-order valence-electron chi connectivity index (χ2n) is 5.33. The van der Waals surface area contributed by atoms with Gasteiger partial charge in [-0.05, 0) is 24.6 Å². The van der Waals surface area contributed by atoms with Crippen LogP contribution in [0.3, 0.4) is 0 Å². The van der Waals surface area contributed by atoms with E-state index >= 15 is 0 Å². The zero-order chi connectivity index (χ0) is 13.9. The standard InChI is InChI=1S/C15H19BrN4/c1-11(13-2-4-14(16)5-3-13)17-8-12-9-18-15-6-7-19-20(15)10-12/h2-7,11-12,17-18H,8-10H2,1H3. The van der Waals surface area contributed by atoms with Crippen molar-refractivity contribution in [1.29, 1.82) is 0 Å². The molecule has 3 rings (SSSR count). The highest BCUT2D eigenvalue weighted by Gasteiger charge is 2.18. The summed E-state index contributed by atoms with van der Waals surface area (Å²) in [6.07, 6.45) is 1.85. The second kappa shape index (κ2) is 5.97. The molecule has 0 saturated heterocycles. The van der Waals surface area contributed by atoms with Crippen molar-refractivity contribution in [3.8, 4) is 0 Å². The molecule has 4 nitrogen and oxygen atoms in total. The molecule has 2 aromatic rings. The van der Waals surface area contributed by atoms with Gasteiger partial charge >= 0.3 is 0 Å². The van der Waals surface area contributed by atoms with Crippen molar-refractivity contribution < 1.29 is 0 Å². The molecule has 0 spiro atoms. The van der Waals surface area contributed by atoms with E-state index in [1.807, 2.05) is 16.9 Å². The van der Waals surface area contributed by atoms with Crippen molar-refractivity contribution >= 4 is 21.7 Å². The number of nitrogens with zero attached hydrogens (tertiary/aromatic N) is 2. The minimum Gasteiger partial charge on any atom is -0.370 e. The van der Waals surface area contributed by atoms with E-state index in [0.29, 0.717) is 12.0 Å².